The zero-order valence-electron chi connectivity index (χ0n) is 17.3. The minimum Gasteiger partial charge on any atom is -0.474 e. The highest BCUT2D eigenvalue weighted by Crippen LogP contribution is 2.35. The molecule has 2 aromatic rings. The first-order chi connectivity index (χ1) is 14.8. The molecule has 1 fully saturated rings. The number of pyridine rings is 1. The SMILES string of the molecule is CC(=O)O[C@H]1[C@H](OC(C)=O)CSC(Oc2cncc(-c3ccccc3)c2)[C@@H]1OC(C)=O. The van der Waals surface area contributed by atoms with Gasteiger partial charge in [-0.25, -0.2) is 0 Å². The molecule has 0 spiro atoms. The predicted octanol–water partition coefficient (Wildman–Crippen LogP) is 3.00. The molecule has 0 amide bonds. The minimum absolute atomic E-state index is 0.297. The van der Waals surface area contributed by atoms with E-state index in [-0.39, 0.29) is 0 Å². The van der Waals surface area contributed by atoms with E-state index in [9.17, 15) is 14.4 Å². The maximum atomic E-state index is 11.8. The standard InChI is InChI=1S/C22H23NO7S/c1-13(24)27-19-12-31-22(21(29-15(3)26)20(19)28-14(2)25)30-18-9-17(10-23-11-18)16-7-5-4-6-8-16/h4-11,19-22H,12H2,1-3H3/t19-,20+,21-,22?/m1/s1. The molecular weight excluding hydrogens is 422 g/mol. The lowest BCUT2D eigenvalue weighted by Gasteiger charge is -2.39. The summed E-state index contributed by atoms with van der Waals surface area (Å²) >= 11 is 1.29. The van der Waals surface area contributed by atoms with Crippen LogP contribution in [0.15, 0.2) is 48.8 Å². The normalized spacial score (nSPS) is 22.8. The van der Waals surface area contributed by atoms with Crippen LogP contribution in [0.1, 0.15) is 20.8 Å². The summed E-state index contributed by atoms with van der Waals surface area (Å²) in [4.78, 5) is 39.2. The van der Waals surface area contributed by atoms with Gasteiger partial charge in [0.1, 0.15) is 5.75 Å². The molecule has 3 rings (SSSR count). The zero-order chi connectivity index (χ0) is 22.4. The van der Waals surface area contributed by atoms with Crippen molar-refractivity contribution in [1.82, 2.24) is 4.98 Å². The summed E-state index contributed by atoms with van der Waals surface area (Å²) in [6.45, 7) is 3.75. The molecular formula is C22H23NO7S. The molecule has 0 bridgehead atoms. The van der Waals surface area contributed by atoms with Gasteiger partial charge in [-0.2, -0.15) is 0 Å². The number of ether oxygens (including phenoxy) is 4. The lowest BCUT2D eigenvalue weighted by Crippen LogP contribution is -2.55. The van der Waals surface area contributed by atoms with E-state index in [0.717, 1.165) is 11.1 Å². The number of esters is 3. The van der Waals surface area contributed by atoms with E-state index in [1.807, 2.05) is 36.4 Å². The molecule has 1 unspecified atom stereocenters. The summed E-state index contributed by atoms with van der Waals surface area (Å²) in [7, 11) is 0. The Morgan fingerprint density at radius 2 is 1.52 bits per heavy atom. The van der Waals surface area contributed by atoms with Crippen molar-refractivity contribution in [2.75, 3.05) is 5.75 Å². The molecule has 0 radical (unpaired) electrons. The summed E-state index contributed by atoms with van der Waals surface area (Å²) < 4.78 is 22.2. The minimum atomic E-state index is -0.998. The van der Waals surface area contributed by atoms with E-state index >= 15 is 0 Å². The molecule has 2 heterocycles. The fourth-order valence-corrected chi connectivity index (χ4v) is 4.43. The first-order valence-electron chi connectivity index (χ1n) is 9.64. The van der Waals surface area contributed by atoms with Crippen molar-refractivity contribution >= 4 is 29.7 Å². The molecule has 9 heteroatoms. The van der Waals surface area contributed by atoms with Crippen molar-refractivity contribution in [3.8, 4) is 16.9 Å². The molecule has 1 aliphatic rings. The summed E-state index contributed by atoms with van der Waals surface area (Å²) in [5, 5.41) is 0. The molecule has 1 aromatic carbocycles. The van der Waals surface area contributed by atoms with Gasteiger partial charge in [-0.05, 0) is 11.6 Å². The third-order valence-electron chi connectivity index (χ3n) is 4.38. The van der Waals surface area contributed by atoms with Crippen LogP contribution in [0.4, 0.5) is 0 Å². The first-order valence-corrected chi connectivity index (χ1v) is 10.7. The third kappa shape index (κ3) is 6.21. The zero-order valence-corrected chi connectivity index (χ0v) is 18.2. The van der Waals surface area contributed by atoms with Crippen LogP contribution in [0, 0.1) is 0 Å². The van der Waals surface area contributed by atoms with Crippen LogP contribution in [0.5, 0.6) is 5.75 Å². The Kier molecular flexibility index (Phi) is 7.51. The van der Waals surface area contributed by atoms with Crippen LogP contribution in [0.25, 0.3) is 11.1 Å². The van der Waals surface area contributed by atoms with Gasteiger partial charge in [-0.3, -0.25) is 19.4 Å². The summed E-state index contributed by atoms with van der Waals surface area (Å²) in [6, 6.07) is 11.5. The number of aromatic nitrogens is 1. The van der Waals surface area contributed by atoms with Crippen molar-refractivity contribution in [2.24, 2.45) is 0 Å². The second-order valence-corrected chi connectivity index (χ2v) is 8.02. The largest absolute Gasteiger partial charge is 0.474 e. The lowest BCUT2D eigenvalue weighted by atomic mass is 10.1. The first kappa shape index (κ1) is 22.6. The van der Waals surface area contributed by atoms with Crippen LogP contribution in [-0.2, 0) is 28.6 Å². The van der Waals surface area contributed by atoms with E-state index in [4.69, 9.17) is 18.9 Å². The number of hydrogen-bond acceptors (Lipinski definition) is 9. The highest BCUT2D eigenvalue weighted by Gasteiger charge is 2.47. The van der Waals surface area contributed by atoms with Gasteiger partial charge in [0.25, 0.3) is 0 Å². The van der Waals surface area contributed by atoms with Gasteiger partial charge in [0.15, 0.2) is 23.7 Å². The molecule has 1 aliphatic heterocycles. The molecule has 31 heavy (non-hydrogen) atoms. The van der Waals surface area contributed by atoms with Crippen molar-refractivity contribution < 1.29 is 33.3 Å². The van der Waals surface area contributed by atoms with Crippen molar-refractivity contribution in [3.63, 3.8) is 0 Å². The number of benzene rings is 1. The summed E-state index contributed by atoms with van der Waals surface area (Å²) in [5.74, 6) is -0.924. The molecule has 1 aromatic heterocycles. The van der Waals surface area contributed by atoms with E-state index < -0.39 is 41.7 Å². The molecule has 0 aliphatic carbocycles. The quantitative estimate of drug-likeness (QED) is 0.490. The molecule has 164 valence electrons. The monoisotopic (exact) mass is 445 g/mol. The van der Waals surface area contributed by atoms with Gasteiger partial charge in [-0.1, -0.05) is 30.3 Å². The fourth-order valence-electron chi connectivity index (χ4n) is 3.22. The Morgan fingerprint density at radius 3 is 2.16 bits per heavy atom. The van der Waals surface area contributed by atoms with Crippen molar-refractivity contribution in [2.45, 2.75) is 44.5 Å². The van der Waals surface area contributed by atoms with Crippen LogP contribution in [-0.4, -0.2) is 52.4 Å². The third-order valence-corrected chi connectivity index (χ3v) is 5.59. The highest BCUT2D eigenvalue weighted by molar-refractivity contribution is 7.99. The van der Waals surface area contributed by atoms with Gasteiger partial charge in [0.2, 0.25) is 0 Å². The van der Waals surface area contributed by atoms with Crippen LogP contribution in [0.2, 0.25) is 0 Å². The number of thioether (sulfide) groups is 1. The second kappa shape index (κ2) is 10.3. The van der Waals surface area contributed by atoms with Crippen LogP contribution >= 0.6 is 11.8 Å². The summed E-state index contributed by atoms with van der Waals surface area (Å²) in [6.07, 6.45) is 0.519. The summed E-state index contributed by atoms with van der Waals surface area (Å²) in [5.41, 5.74) is 1.13. The van der Waals surface area contributed by atoms with Gasteiger partial charge in [-0.15, -0.1) is 11.8 Å². The number of rotatable bonds is 6. The Hall–Kier alpha value is -3.07. The van der Waals surface area contributed by atoms with E-state index in [0.29, 0.717) is 11.5 Å². The highest BCUT2D eigenvalue weighted by atomic mass is 32.2. The fraction of sp³-hybridized carbons (Fsp3) is 0.364. The van der Waals surface area contributed by atoms with Crippen LogP contribution < -0.4 is 4.74 Å². The number of carbonyl (C=O) groups is 3. The molecule has 0 saturated carbocycles. The molecule has 1 saturated heterocycles. The van der Waals surface area contributed by atoms with E-state index in [1.54, 1.807) is 12.4 Å². The van der Waals surface area contributed by atoms with Crippen LogP contribution in [0.3, 0.4) is 0 Å². The van der Waals surface area contributed by atoms with Crippen molar-refractivity contribution in [1.29, 1.82) is 0 Å². The lowest BCUT2D eigenvalue weighted by molar-refractivity contribution is -0.186. The number of nitrogens with zero attached hydrogens (tertiary/aromatic N) is 1. The Labute approximate surface area is 184 Å². The second-order valence-electron chi connectivity index (χ2n) is 6.89. The maximum absolute atomic E-state index is 11.8. The average Bonchev–Trinajstić information content (AvgIpc) is 2.72. The van der Waals surface area contributed by atoms with Gasteiger partial charge < -0.3 is 18.9 Å². The van der Waals surface area contributed by atoms with Gasteiger partial charge in [0, 0.05) is 38.3 Å². The Bertz CT molecular complexity index is 936. The van der Waals surface area contributed by atoms with Crippen molar-refractivity contribution in [3.05, 3.63) is 48.8 Å². The van der Waals surface area contributed by atoms with E-state index in [1.165, 1.54) is 32.5 Å². The van der Waals surface area contributed by atoms with E-state index in [2.05, 4.69) is 4.98 Å². The molecule has 0 N–H and O–H groups in total. The topological polar surface area (TPSA) is 101 Å². The Morgan fingerprint density at radius 1 is 0.871 bits per heavy atom. The van der Waals surface area contributed by atoms with Gasteiger partial charge in [0.05, 0.1) is 6.20 Å². The number of carbonyl (C=O) groups excluding carboxylic acids is 3. The molecule has 4 atom stereocenters. The average molecular weight is 445 g/mol. The predicted molar refractivity (Wildman–Crippen MR) is 113 cm³/mol. The Balaban J connectivity index is 1.86. The smallest absolute Gasteiger partial charge is 0.303 e. The van der Waals surface area contributed by atoms with Gasteiger partial charge >= 0.3 is 17.9 Å². The molecule has 8 nitrogen and oxygen atoms in total. The maximum Gasteiger partial charge on any atom is 0.303 e. The number of hydrogen-bond donors (Lipinski definition) is 0.